The highest BCUT2D eigenvalue weighted by Crippen LogP contribution is 2.19. The lowest BCUT2D eigenvalue weighted by atomic mass is 10.0. The van der Waals surface area contributed by atoms with Gasteiger partial charge in [0.15, 0.2) is 0 Å². The first-order chi connectivity index (χ1) is 11.7. The maximum Gasteiger partial charge on any atom is 0.326 e. The number of benzene rings is 1. The summed E-state index contributed by atoms with van der Waals surface area (Å²) in [6, 6.07) is 3.72. The molecular formula is C15H17IN2O7. The lowest BCUT2D eigenvalue weighted by Gasteiger charge is -2.20. The number of hydrogen-bond acceptors (Lipinski definition) is 4. The molecule has 0 aromatic heterocycles. The van der Waals surface area contributed by atoms with Crippen LogP contribution in [0.4, 0.5) is 4.79 Å². The van der Waals surface area contributed by atoms with Gasteiger partial charge in [-0.15, -0.1) is 0 Å². The van der Waals surface area contributed by atoms with Crippen molar-refractivity contribution in [2.75, 3.05) is 0 Å². The summed E-state index contributed by atoms with van der Waals surface area (Å²) in [6.45, 7) is 0. The van der Waals surface area contributed by atoms with Crippen LogP contribution in [0.5, 0.6) is 0 Å². The van der Waals surface area contributed by atoms with E-state index in [1.807, 2.05) is 22.6 Å². The van der Waals surface area contributed by atoms with E-state index in [-0.39, 0.29) is 12.8 Å². The van der Waals surface area contributed by atoms with Gasteiger partial charge >= 0.3 is 23.9 Å². The van der Waals surface area contributed by atoms with Crippen molar-refractivity contribution in [3.63, 3.8) is 0 Å². The zero-order valence-corrected chi connectivity index (χ0v) is 15.1. The normalized spacial score (nSPS) is 12.7. The van der Waals surface area contributed by atoms with E-state index < -0.39 is 42.4 Å². The lowest BCUT2D eigenvalue weighted by Crippen LogP contribution is -2.47. The van der Waals surface area contributed by atoms with Gasteiger partial charge in [-0.2, -0.15) is 0 Å². The third kappa shape index (κ3) is 7.83. The number of hydrogen-bond donors (Lipinski definition) is 5. The fourth-order valence-corrected chi connectivity index (χ4v) is 2.60. The Kier molecular flexibility index (Phi) is 8.11. The lowest BCUT2D eigenvalue weighted by molar-refractivity contribution is -0.141. The molecule has 9 nitrogen and oxygen atoms in total. The highest BCUT2D eigenvalue weighted by molar-refractivity contribution is 14.1. The van der Waals surface area contributed by atoms with Crippen molar-refractivity contribution in [1.82, 2.24) is 10.6 Å². The summed E-state index contributed by atoms with van der Waals surface area (Å²) in [5.41, 5.74) is 0.557. The Morgan fingerprint density at radius 1 is 1.04 bits per heavy atom. The minimum atomic E-state index is -1.39. The molecular weight excluding hydrogens is 447 g/mol. The molecule has 0 saturated heterocycles. The zero-order chi connectivity index (χ0) is 19.0. The molecule has 1 aromatic carbocycles. The third-order valence-electron chi connectivity index (χ3n) is 3.19. The van der Waals surface area contributed by atoms with Crippen LogP contribution in [0.2, 0.25) is 0 Å². The Morgan fingerprint density at radius 2 is 1.72 bits per heavy atom. The van der Waals surface area contributed by atoms with E-state index in [9.17, 15) is 19.2 Å². The summed E-state index contributed by atoms with van der Waals surface area (Å²) >= 11 is 2.04. The summed E-state index contributed by atoms with van der Waals surface area (Å²) in [5, 5.41) is 31.2. The second-order valence-corrected chi connectivity index (χ2v) is 6.39. The van der Waals surface area contributed by atoms with Crippen LogP contribution < -0.4 is 10.6 Å². The van der Waals surface area contributed by atoms with Gasteiger partial charge in [0.1, 0.15) is 6.04 Å². The van der Waals surface area contributed by atoms with Crippen LogP contribution in [0.1, 0.15) is 30.9 Å². The first-order valence-corrected chi connectivity index (χ1v) is 8.25. The fourth-order valence-electron chi connectivity index (χ4n) is 2.03. The minimum absolute atomic E-state index is 0.287. The number of carbonyl (C=O) groups is 4. The Balaban J connectivity index is 2.81. The van der Waals surface area contributed by atoms with Gasteiger partial charge in [0.25, 0.3) is 0 Å². The van der Waals surface area contributed by atoms with Gasteiger partial charge in [-0.1, -0.05) is 12.1 Å². The van der Waals surface area contributed by atoms with Crippen molar-refractivity contribution in [1.29, 1.82) is 0 Å². The van der Waals surface area contributed by atoms with E-state index in [0.717, 1.165) is 3.57 Å². The van der Waals surface area contributed by atoms with Gasteiger partial charge in [0.05, 0.1) is 12.5 Å². The number of carboxylic acids is 3. The fraction of sp³-hybridized carbons (Fsp3) is 0.333. The van der Waals surface area contributed by atoms with Gasteiger partial charge in [0, 0.05) is 9.99 Å². The summed E-state index contributed by atoms with van der Waals surface area (Å²) < 4.78 is 0.845. The van der Waals surface area contributed by atoms with E-state index in [4.69, 9.17) is 15.3 Å². The van der Waals surface area contributed by atoms with Gasteiger partial charge in [-0.3, -0.25) is 9.59 Å². The van der Waals surface area contributed by atoms with E-state index >= 15 is 0 Å². The molecule has 5 N–H and O–H groups in total. The molecule has 0 bridgehead atoms. The quantitative estimate of drug-likeness (QED) is 0.347. The monoisotopic (exact) mass is 464 g/mol. The number of amides is 2. The van der Waals surface area contributed by atoms with Crippen LogP contribution in [-0.2, 0) is 14.4 Å². The summed E-state index contributed by atoms with van der Waals surface area (Å²) in [6.07, 6.45) is -1.10. The number of rotatable bonds is 9. The Bertz CT molecular complexity index is 665. The van der Waals surface area contributed by atoms with E-state index in [1.54, 1.807) is 24.3 Å². The van der Waals surface area contributed by atoms with Crippen molar-refractivity contribution in [2.24, 2.45) is 0 Å². The second kappa shape index (κ2) is 9.81. The van der Waals surface area contributed by atoms with Crippen LogP contribution >= 0.6 is 22.6 Å². The number of urea groups is 1. The molecule has 1 aromatic rings. The topological polar surface area (TPSA) is 153 Å². The highest BCUT2D eigenvalue weighted by Gasteiger charge is 2.24. The van der Waals surface area contributed by atoms with Crippen molar-refractivity contribution < 1.29 is 34.5 Å². The van der Waals surface area contributed by atoms with Crippen molar-refractivity contribution in [3.05, 3.63) is 33.4 Å². The maximum absolute atomic E-state index is 12.0. The molecule has 136 valence electrons. The molecule has 0 aliphatic carbocycles. The molecule has 0 radical (unpaired) electrons. The standard InChI is InChI=1S/C15H17IN2O7/c16-9-3-1-2-8(6-9)11(7-13(21)22)18-15(25)17-10(14(23)24)4-5-12(19)20/h1-3,6,10-11H,4-5,7H2,(H,19,20)(H,21,22)(H,23,24)(H2,17,18,25). The summed E-state index contributed by atoms with van der Waals surface area (Å²) in [7, 11) is 0. The zero-order valence-electron chi connectivity index (χ0n) is 12.9. The molecule has 2 unspecified atom stereocenters. The Labute approximate surface area is 156 Å². The van der Waals surface area contributed by atoms with Crippen LogP contribution in [0, 0.1) is 3.57 Å². The molecule has 0 aliphatic rings. The van der Waals surface area contributed by atoms with E-state index in [2.05, 4.69) is 10.6 Å². The SMILES string of the molecule is O=C(O)CCC(NC(=O)NC(CC(=O)O)c1cccc(I)c1)C(=O)O. The first-order valence-electron chi connectivity index (χ1n) is 7.18. The second-order valence-electron chi connectivity index (χ2n) is 5.15. The van der Waals surface area contributed by atoms with Gasteiger partial charge in [0.2, 0.25) is 0 Å². The number of aliphatic carboxylic acids is 3. The van der Waals surface area contributed by atoms with Gasteiger partial charge < -0.3 is 26.0 Å². The molecule has 0 spiro atoms. The van der Waals surface area contributed by atoms with Crippen molar-refractivity contribution in [2.45, 2.75) is 31.3 Å². The largest absolute Gasteiger partial charge is 0.481 e. The van der Waals surface area contributed by atoms with Crippen molar-refractivity contribution in [3.8, 4) is 0 Å². The van der Waals surface area contributed by atoms with Crippen LogP contribution in [0.3, 0.4) is 0 Å². The number of halogens is 1. The smallest absolute Gasteiger partial charge is 0.326 e. The third-order valence-corrected chi connectivity index (χ3v) is 3.86. The Hall–Kier alpha value is -2.37. The molecule has 1 rings (SSSR count). The van der Waals surface area contributed by atoms with Gasteiger partial charge in [-0.05, 0) is 46.7 Å². The number of carbonyl (C=O) groups excluding carboxylic acids is 1. The molecule has 10 heteroatoms. The van der Waals surface area contributed by atoms with E-state index in [1.165, 1.54) is 0 Å². The predicted molar refractivity (Wildman–Crippen MR) is 94.1 cm³/mol. The predicted octanol–water partition coefficient (Wildman–Crippen LogP) is 1.42. The average molecular weight is 464 g/mol. The Morgan fingerprint density at radius 3 is 2.24 bits per heavy atom. The first kappa shape index (κ1) is 20.7. The number of nitrogens with one attached hydrogen (secondary N) is 2. The molecule has 0 saturated carbocycles. The number of carboxylic acid groups (broad SMARTS) is 3. The average Bonchev–Trinajstić information content (AvgIpc) is 2.49. The van der Waals surface area contributed by atoms with Crippen molar-refractivity contribution >= 4 is 46.5 Å². The van der Waals surface area contributed by atoms with Crippen LogP contribution in [0.15, 0.2) is 24.3 Å². The van der Waals surface area contributed by atoms with E-state index in [0.29, 0.717) is 5.56 Å². The molecule has 0 aliphatic heterocycles. The summed E-state index contributed by atoms with van der Waals surface area (Å²) in [4.78, 5) is 44.7. The maximum atomic E-state index is 12.0. The van der Waals surface area contributed by atoms with Gasteiger partial charge in [-0.25, -0.2) is 9.59 Å². The molecule has 2 amide bonds. The minimum Gasteiger partial charge on any atom is -0.481 e. The van der Waals surface area contributed by atoms with Crippen LogP contribution in [-0.4, -0.2) is 45.3 Å². The molecule has 2 atom stereocenters. The molecule has 0 heterocycles. The summed E-state index contributed by atoms with van der Waals surface area (Å²) in [5.74, 6) is -3.69. The molecule has 25 heavy (non-hydrogen) atoms. The molecule has 0 fully saturated rings. The highest BCUT2D eigenvalue weighted by atomic mass is 127. The van der Waals surface area contributed by atoms with Crippen LogP contribution in [0.25, 0.3) is 0 Å².